The first-order valence-corrected chi connectivity index (χ1v) is 6.35. The minimum Gasteiger partial charge on any atom is -0.497 e. The molecule has 0 fully saturated rings. The van der Waals surface area contributed by atoms with E-state index in [-0.39, 0.29) is 6.10 Å². The SMILES string of the molecule is COc1cccc(SC2=CC=CC(OC)C2)c1. The van der Waals surface area contributed by atoms with E-state index < -0.39 is 0 Å². The fraction of sp³-hybridized carbons (Fsp3) is 0.286. The van der Waals surface area contributed by atoms with Gasteiger partial charge in [-0.2, -0.15) is 0 Å². The smallest absolute Gasteiger partial charge is 0.119 e. The second-order valence-corrected chi connectivity index (χ2v) is 4.98. The van der Waals surface area contributed by atoms with Crippen LogP contribution >= 0.6 is 11.8 Å². The van der Waals surface area contributed by atoms with Crippen molar-refractivity contribution in [3.63, 3.8) is 0 Å². The molecule has 1 aromatic carbocycles. The number of allylic oxidation sites excluding steroid dienone is 2. The van der Waals surface area contributed by atoms with Gasteiger partial charge in [0.15, 0.2) is 0 Å². The van der Waals surface area contributed by atoms with E-state index in [1.54, 1.807) is 26.0 Å². The number of thioether (sulfide) groups is 1. The first-order valence-electron chi connectivity index (χ1n) is 5.54. The van der Waals surface area contributed by atoms with Crippen LogP contribution in [-0.4, -0.2) is 20.3 Å². The topological polar surface area (TPSA) is 18.5 Å². The standard InChI is InChI=1S/C14H16O2S/c1-15-11-5-3-7-13(9-11)17-14-8-4-6-12(10-14)16-2/h3-9,12H,10H2,1-2H3. The predicted octanol–water partition coefficient (Wildman–Crippen LogP) is 3.65. The summed E-state index contributed by atoms with van der Waals surface area (Å²) in [5.74, 6) is 0.894. The highest BCUT2D eigenvalue weighted by atomic mass is 32.2. The summed E-state index contributed by atoms with van der Waals surface area (Å²) in [4.78, 5) is 2.51. The molecule has 17 heavy (non-hydrogen) atoms. The second kappa shape index (κ2) is 5.94. The Hall–Kier alpha value is -1.19. The third kappa shape index (κ3) is 3.38. The fourth-order valence-electron chi connectivity index (χ4n) is 1.67. The third-order valence-electron chi connectivity index (χ3n) is 2.60. The molecule has 0 bridgehead atoms. The van der Waals surface area contributed by atoms with E-state index in [2.05, 4.69) is 24.3 Å². The Morgan fingerprint density at radius 1 is 1.29 bits per heavy atom. The zero-order valence-electron chi connectivity index (χ0n) is 10.1. The zero-order chi connectivity index (χ0) is 12.1. The summed E-state index contributed by atoms with van der Waals surface area (Å²) in [5.41, 5.74) is 0. The molecule has 1 atom stereocenters. The molecule has 0 aliphatic heterocycles. The van der Waals surface area contributed by atoms with E-state index in [0.717, 1.165) is 12.2 Å². The summed E-state index contributed by atoms with van der Waals surface area (Å²) in [6.07, 6.45) is 7.41. The van der Waals surface area contributed by atoms with Gasteiger partial charge in [-0.25, -0.2) is 0 Å². The Labute approximate surface area is 106 Å². The molecule has 1 aliphatic rings. The second-order valence-electron chi connectivity index (χ2n) is 3.78. The van der Waals surface area contributed by atoms with Gasteiger partial charge in [0.1, 0.15) is 5.75 Å². The van der Waals surface area contributed by atoms with Crippen molar-refractivity contribution in [1.82, 2.24) is 0 Å². The van der Waals surface area contributed by atoms with Gasteiger partial charge in [0.2, 0.25) is 0 Å². The van der Waals surface area contributed by atoms with E-state index in [1.165, 1.54) is 9.80 Å². The van der Waals surface area contributed by atoms with Gasteiger partial charge < -0.3 is 9.47 Å². The third-order valence-corrected chi connectivity index (χ3v) is 3.66. The first-order chi connectivity index (χ1) is 8.31. The summed E-state index contributed by atoms with van der Waals surface area (Å²) < 4.78 is 10.6. The number of methoxy groups -OCH3 is 2. The van der Waals surface area contributed by atoms with Crippen LogP contribution in [0, 0.1) is 0 Å². The highest BCUT2D eigenvalue weighted by Crippen LogP contribution is 2.33. The lowest BCUT2D eigenvalue weighted by atomic mass is 10.1. The van der Waals surface area contributed by atoms with Crippen molar-refractivity contribution < 1.29 is 9.47 Å². The van der Waals surface area contributed by atoms with Crippen LogP contribution in [0.3, 0.4) is 0 Å². The van der Waals surface area contributed by atoms with Gasteiger partial charge in [0.25, 0.3) is 0 Å². The van der Waals surface area contributed by atoms with Crippen molar-refractivity contribution in [2.24, 2.45) is 0 Å². The maximum absolute atomic E-state index is 5.34. The van der Waals surface area contributed by atoms with E-state index in [0.29, 0.717) is 0 Å². The van der Waals surface area contributed by atoms with Crippen molar-refractivity contribution >= 4 is 11.8 Å². The van der Waals surface area contributed by atoms with Crippen molar-refractivity contribution in [2.45, 2.75) is 17.4 Å². The Bertz CT molecular complexity index is 438. The zero-order valence-corrected chi connectivity index (χ0v) is 10.9. The number of hydrogen-bond acceptors (Lipinski definition) is 3. The van der Waals surface area contributed by atoms with Crippen LogP contribution in [0.5, 0.6) is 5.75 Å². The van der Waals surface area contributed by atoms with Crippen LogP contribution in [0.15, 0.2) is 52.3 Å². The number of ether oxygens (including phenoxy) is 2. The molecular formula is C14H16O2S. The Kier molecular flexibility index (Phi) is 4.29. The van der Waals surface area contributed by atoms with E-state index >= 15 is 0 Å². The summed E-state index contributed by atoms with van der Waals surface area (Å²) in [7, 11) is 3.43. The molecule has 90 valence electrons. The maximum Gasteiger partial charge on any atom is 0.119 e. The van der Waals surface area contributed by atoms with Crippen LogP contribution in [-0.2, 0) is 4.74 Å². The van der Waals surface area contributed by atoms with Crippen LogP contribution in [0.25, 0.3) is 0 Å². The molecule has 3 heteroatoms. The van der Waals surface area contributed by atoms with Gasteiger partial charge in [0.05, 0.1) is 13.2 Å². The van der Waals surface area contributed by atoms with Crippen molar-refractivity contribution in [2.75, 3.05) is 14.2 Å². The molecule has 0 radical (unpaired) electrons. The molecular weight excluding hydrogens is 232 g/mol. The normalized spacial score (nSPS) is 18.9. The first kappa shape index (κ1) is 12.3. The average molecular weight is 248 g/mol. The minimum atomic E-state index is 0.202. The molecule has 2 rings (SSSR count). The highest BCUT2D eigenvalue weighted by molar-refractivity contribution is 8.03. The summed E-state index contributed by atoms with van der Waals surface area (Å²) >= 11 is 1.76. The molecule has 1 aromatic rings. The lowest BCUT2D eigenvalue weighted by molar-refractivity contribution is 0.142. The molecule has 1 aliphatic carbocycles. The van der Waals surface area contributed by atoms with Gasteiger partial charge in [-0.05, 0) is 23.1 Å². The van der Waals surface area contributed by atoms with E-state index in [1.807, 2.05) is 18.2 Å². The van der Waals surface area contributed by atoms with Gasteiger partial charge in [-0.3, -0.25) is 0 Å². The van der Waals surface area contributed by atoms with Gasteiger partial charge in [-0.15, -0.1) is 0 Å². The van der Waals surface area contributed by atoms with Crippen LogP contribution < -0.4 is 4.74 Å². The van der Waals surface area contributed by atoms with Gasteiger partial charge >= 0.3 is 0 Å². The molecule has 1 unspecified atom stereocenters. The van der Waals surface area contributed by atoms with Crippen molar-refractivity contribution in [1.29, 1.82) is 0 Å². The van der Waals surface area contributed by atoms with Crippen LogP contribution in [0.1, 0.15) is 6.42 Å². The summed E-state index contributed by atoms with van der Waals surface area (Å²) in [5, 5.41) is 0. The van der Waals surface area contributed by atoms with Crippen molar-refractivity contribution in [3.8, 4) is 5.75 Å². The molecule has 0 spiro atoms. The number of hydrogen-bond donors (Lipinski definition) is 0. The Morgan fingerprint density at radius 2 is 2.18 bits per heavy atom. The molecule has 0 saturated heterocycles. The number of rotatable bonds is 4. The molecule has 0 amide bonds. The molecule has 0 saturated carbocycles. The number of benzene rings is 1. The Morgan fingerprint density at radius 3 is 2.94 bits per heavy atom. The highest BCUT2D eigenvalue weighted by Gasteiger charge is 2.11. The van der Waals surface area contributed by atoms with Gasteiger partial charge in [0, 0.05) is 18.4 Å². The van der Waals surface area contributed by atoms with Crippen LogP contribution in [0.4, 0.5) is 0 Å². The Balaban J connectivity index is 2.05. The van der Waals surface area contributed by atoms with E-state index in [4.69, 9.17) is 9.47 Å². The van der Waals surface area contributed by atoms with E-state index in [9.17, 15) is 0 Å². The summed E-state index contributed by atoms with van der Waals surface area (Å²) in [6.45, 7) is 0. The van der Waals surface area contributed by atoms with Crippen LogP contribution in [0.2, 0.25) is 0 Å². The largest absolute Gasteiger partial charge is 0.497 e. The molecule has 0 heterocycles. The summed E-state index contributed by atoms with van der Waals surface area (Å²) in [6, 6.07) is 8.10. The average Bonchev–Trinajstić information content (AvgIpc) is 2.39. The van der Waals surface area contributed by atoms with Crippen molar-refractivity contribution in [3.05, 3.63) is 47.4 Å². The molecule has 2 nitrogen and oxygen atoms in total. The monoisotopic (exact) mass is 248 g/mol. The lowest BCUT2D eigenvalue weighted by Gasteiger charge is -2.16. The van der Waals surface area contributed by atoms with Gasteiger partial charge in [-0.1, -0.05) is 36.1 Å². The lowest BCUT2D eigenvalue weighted by Crippen LogP contribution is -2.09. The predicted molar refractivity (Wildman–Crippen MR) is 71.5 cm³/mol. The maximum atomic E-state index is 5.34. The fourth-order valence-corrected chi connectivity index (χ4v) is 2.69. The quantitative estimate of drug-likeness (QED) is 0.810. The molecule has 0 N–H and O–H groups in total. The molecule has 0 aromatic heterocycles. The minimum absolute atomic E-state index is 0.202.